The molecule has 0 saturated carbocycles. The molecule has 32 heavy (non-hydrogen) atoms. The van der Waals surface area contributed by atoms with Crippen molar-refractivity contribution < 1.29 is 14.4 Å². The molecule has 4 rings (SSSR count). The van der Waals surface area contributed by atoms with Gasteiger partial charge in [-0.1, -0.05) is 30.3 Å². The molecule has 0 spiro atoms. The minimum atomic E-state index is -0.550. The predicted molar refractivity (Wildman–Crippen MR) is 123 cm³/mol. The van der Waals surface area contributed by atoms with Gasteiger partial charge in [0.15, 0.2) is 0 Å². The maximum Gasteiger partial charge on any atom is 0.250 e. The number of likely N-dealkylation sites (tertiary alicyclic amines) is 2. The molecule has 2 unspecified atom stereocenters. The third kappa shape index (κ3) is 5.14. The molecule has 1 aromatic rings. The number of nitrogens with zero attached hydrogens (tertiary/aromatic N) is 4. The monoisotopic (exact) mass is 440 g/mol. The lowest BCUT2D eigenvalue weighted by molar-refractivity contribution is -0.149. The first-order valence-corrected chi connectivity index (χ1v) is 12.2. The second-order valence-electron chi connectivity index (χ2n) is 9.39. The smallest absolute Gasteiger partial charge is 0.250 e. The van der Waals surface area contributed by atoms with Crippen LogP contribution in [0.15, 0.2) is 30.3 Å². The number of carbonyl (C=O) groups excluding carboxylic acids is 3. The Hall–Kier alpha value is -2.41. The third-order valence-electron chi connectivity index (χ3n) is 7.19. The van der Waals surface area contributed by atoms with Crippen molar-refractivity contribution in [2.45, 2.75) is 57.5 Å². The number of piperazine rings is 1. The van der Waals surface area contributed by atoms with E-state index in [9.17, 15) is 14.4 Å². The number of piperidine rings is 2. The predicted octanol–water partition coefficient (Wildman–Crippen LogP) is 2.29. The molecule has 7 nitrogen and oxygen atoms in total. The quantitative estimate of drug-likeness (QED) is 0.705. The Morgan fingerprint density at radius 1 is 0.938 bits per heavy atom. The Kier molecular flexibility index (Phi) is 7.45. The summed E-state index contributed by atoms with van der Waals surface area (Å²) in [6.07, 6.45) is 5.73. The number of hydrogen-bond donors (Lipinski definition) is 0. The molecular weight excluding hydrogens is 404 g/mol. The van der Waals surface area contributed by atoms with Crippen LogP contribution in [-0.2, 0) is 14.4 Å². The van der Waals surface area contributed by atoms with Crippen LogP contribution in [0.1, 0.15) is 57.1 Å². The van der Waals surface area contributed by atoms with E-state index in [0.717, 1.165) is 37.8 Å². The Labute approximate surface area is 191 Å². The van der Waals surface area contributed by atoms with E-state index in [0.29, 0.717) is 51.7 Å². The molecule has 3 fully saturated rings. The first kappa shape index (κ1) is 22.8. The normalized spacial score (nSPS) is 23.8. The van der Waals surface area contributed by atoms with Crippen molar-refractivity contribution >= 4 is 17.7 Å². The van der Waals surface area contributed by atoms with Crippen molar-refractivity contribution in [2.75, 3.05) is 45.8 Å². The fraction of sp³-hybridized carbons (Fsp3) is 0.640. The summed E-state index contributed by atoms with van der Waals surface area (Å²) in [6.45, 7) is 6.62. The molecule has 0 N–H and O–H groups in total. The lowest BCUT2D eigenvalue weighted by Gasteiger charge is -2.41. The molecule has 2 atom stereocenters. The molecule has 3 aliphatic rings. The average Bonchev–Trinajstić information content (AvgIpc) is 2.82. The van der Waals surface area contributed by atoms with Gasteiger partial charge < -0.3 is 14.7 Å². The lowest BCUT2D eigenvalue weighted by Crippen LogP contribution is -2.55. The standard InChI is InChI=1S/C25H36N4O3/c1-20-9-5-7-13-28(20)23(31)19-26-15-17-27(18-16-26)25(32)24(21-10-3-2-4-11-21)29-14-8-6-12-22(29)30/h2-4,10-11,20,24H,5-9,12-19H2,1H3. The summed E-state index contributed by atoms with van der Waals surface area (Å²) in [6, 6.07) is 9.45. The van der Waals surface area contributed by atoms with Crippen molar-refractivity contribution in [3.8, 4) is 0 Å². The van der Waals surface area contributed by atoms with Gasteiger partial charge in [0, 0.05) is 51.7 Å². The first-order chi connectivity index (χ1) is 15.5. The SMILES string of the molecule is CC1CCCCN1C(=O)CN1CCN(C(=O)C(c2ccccc2)N2CCCCC2=O)CC1. The molecule has 3 heterocycles. The second kappa shape index (κ2) is 10.5. The van der Waals surface area contributed by atoms with Gasteiger partial charge in [-0.05, 0) is 44.6 Å². The van der Waals surface area contributed by atoms with Gasteiger partial charge in [-0.3, -0.25) is 19.3 Å². The van der Waals surface area contributed by atoms with Crippen LogP contribution in [0.25, 0.3) is 0 Å². The molecule has 1 aromatic carbocycles. The van der Waals surface area contributed by atoms with E-state index in [1.54, 1.807) is 4.90 Å². The molecule has 7 heteroatoms. The molecule has 174 valence electrons. The van der Waals surface area contributed by atoms with Crippen LogP contribution in [0.3, 0.4) is 0 Å². The highest BCUT2D eigenvalue weighted by molar-refractivity contribution is 5.89. The van der Waals surface area contributed by atoms with Gasteiger partial charge in [-0.25, -0.2) is 0 Å². The van der Waals surface area contributed by atoms with Gasteiger partial charge in [0.2, 0.25) is 17.7 Å². The fourth-order valence-corrected chi connectivity index (χ4v) is 5.24. The van der Waals surface area contributed by atoms with E-state index >= 15 is 0 Å². The van der Waals surface area contributed by atoms with E-state index in [2.05, 4.69) is 11.8 Å². The second-order valence-corrected chi connectivity index (χ2v) is 9.39. The van der Waals surface area contributed by atoms with Crippen LogP contribution in [0.4, 0.5) is 0 Å². The highest BCUT2D eigenvalue weighted by atomic mass is 16.2. The van der Waals surface area contributed by atoms with E-state index in [4.69, 9.17) is 0 Å². The lowest BCUT2D eigenvalue weighted by atomic mass is 9.99. The zero-order chi connectivity index (χ0) is 22.5. The number of benzene rings is 1. The van der Waals surface area contributed by atoms with Crippen LogP contribution >= 0.6 is 0 Å². The molecule has 0 aromatic heterocycles. The van der Waals surface area contributed by atoms with E-state index in [-0.39, 0.29) is 17.7 Å². The highest BCUT2D eigenvalue weighted by Gasteiger charge is 2.36. The number of hydrogen-bond acceptors (Lipinski definition) is 4. The van der Waals surface area contributed by atoms with Crippen molar-refractivity contribution in [3.63, 3.8) is 0 Å². The van der Waals surface area contributed by atoms with Crippen molar-refractivity contribution in [1.82, 2.24) is 19.6 Å². The van der Waals surface area contributed by atoms with Gasteiger partial charge in [0.05, 0.1) is 6.54 Å². The third-order valence-corrected chi connectivity index (χ3v) is 7.19. The first-order valence-electron chi connectivity index (χ1n) is 12.2. The molecule has 0 bridgehead atoms. The summed E-state index contributed by atoms with van der Waals surface area (Å²) < 4.78 is 0. The zero-order valence-electron chi connectivity index (χ0n) is 19.2. The number of carbonyl (C=O) groups is 3. The van der Waals surface area contributed by atoms with E-state index in [1.807, 2.05) is 40.1 Å². The Bertz CT molecular complexity index is 807. The van der Waals surface area contributed by atoms with Crippen LogP contribution < -0.4 is 0 Å². The van der Waals surface area contributed by atoms with Crippen molar-refractivity contribution in [2.24, 2.45) is 0 Å². The van der Waals surface area contributed by atoms with Gasteiger partial charge in [0.25, 0.3) is 0 Å². The summed E-state index contributed by atoms with van der Waals surface area (Å²) in [4.78, 5) is 46.9. The number of rotatable bonds is 5. The summed E-state index contributed by atoms with van der Waals surface area (Å²) in [5.41, 5.74) is 0.879. The van der Waals surface area contributed by atoms with E-state index < -0.39 is 6.04 Å². The summed E-state index contributed by atoms with van der Waals surface area (Å²) >= 11 is 0. The molecular formula is C25H36N4O3. The maximum atomic E-state index is 13.6. The maximum absolute atomic E-state index is 13.6. The molecule has 0 aliphatic carbocycles. The van der Waals surface area contributed by atoms with Crippen molar-refractivity contribution in [3.05, 3.63) is 35.9 Å². The Balaban J connectivity index is 1.38. The van der Waals surface area contributed by atoms with Crippen LogP contribution in [0.2, 0.25) is 0 Å². The van der Waals surface area contributed by atoms with Gasteiger partial charge in [-0.2, -0.15) is 0 Å². The topological polar surface area (TPSA) is 64.2 Å². The van der Waals surface area contributed by atoms with Gasteiger partial charge in [0.1, 0.15) is 6.04 Å². The van der Waals surface area contributed by atoms with Crippen LogP contribution in [-0.4, -0.2) is 89.2 Å². The minimum Gasteiger partial charge on any atom is -0.339 e. The average molecular weight is 441 g/mol. The van der Waals surface area contributed by atoms with Crippen LogP contribution in [0, 0.1) is 0 Å². The fourth-order valence-electron chi connectivity index (χ4n) is 5.24. The largest absolute Gasteiger partial charge is 0.339 e. The molecule has 3 amide bonds. The summed E-state index contributed by atoms with van der Waals surface area (Å²) in [5, 5.41) is 0. The zero-order valence-corrected chi connectivity index (χ0v) is 19.2. The van der Waals surface area contributed by atoms with Crippen LogP contribution in [0.5, 0.6) is 0 Å². The Morgan fingerprint density at radius 3 is 2.34 bits per heavy atom. The van der Waals surface area contributed by atoms with Gasteiger partial charge in [-0.15, -0.1) is 0 Å². The van der Waals surface area contributed by atoms with Crippen molar-refractivity contribution in [1.29, 1.82) is 0 Å². The Morgan fingerprint density at radius 2 is 1.66 bits per heavy atom. The summed E-state index contributed by atoms with van der Waals surface area (Å²) in [5.74, 6) is 0.276. The number of amides is 3. The minimum absolute atomic E-state index is 0.00193. The highest BCUT2D eigenvalue weighted by Crippen LogP contribution is 2.28. The molecule has 3 saturated heterocycles. The van der Waals surface area contributed by atoms with E-state index in [1.165, 1.54) is 6.42 Å². The molecule has 0 radical (unpaired) electrons. The van der Waals surface area contributed by atoms with Gasteiger partial charge >= 0.3 is 0 Å². The molecule has 3 aliphatic heterocycles. The summed E-state index contributed by atoms with van der Waals surface area (Å²) in [7, 11) is 0.